The summed E-state index contributed by atoms with van der Waals surface area (Å²) in [4.78, 5) is 28.0. The Morgan fingerprint density at radius 3 is 2.60 bits per heavy atom. The van der Waals surface area contributed by atoms with E-state index < -0.39 is 0 Å². The first kappa shape index (κ1) is 15.4. The molecule has 4 nitrogen and oxygen atoms in total. The van der Waals surface area contributed by atoms with Gasteiger partial charge in [-0.2, -0.15) is 0 Å². The maximum Gasteiger partial charge on any atom is 0.255 e. The van der Waals surface area contributed by atoms with E-state index in [2.05, 4.69) is 4.98 Å². The van der Waals surface area contributed by atoms with Crippen LogP contribution in [0.15, 0.2) is 52.8 Å². The van der Waals surface area contributed by atoms with Crippen LogP contribution < -0.4 is 10.3 Å². The number of hydrogen-bond donors (Lipinski definition) is 1. The maximum atomic E-state index is 12.7. The van der Waals surface area contributed by atoms with Gasteiger partial charge in [0, 0.05) is 16.7 Å². The van der Waals surface area contributed by atoms with Gasteiger partial charge in [-0.3, -0.25) is 9.59 Å². The fraction of sp³-hybridized carbons (Fsp3) is 0.143. The molecule has 0 amide bonds. The van der Waals surface area contributed by atoms with Gasteiger partial charge in [0.1, 0.15) is 12.4 Å². The summed E-state index contributed by atoms with van der Waals surface area (Å²) in [5.74, 6) is 0.504. The van der Waals surface area contributed by atoms with Crippen LogP contribution in [0.4, 0.5) is 0 Å². The monoisotopic (exact) mass is 331 g/mol. The highest BCUT2D eigenvalue weighted by Crippen LogP contribution is 2.28. The van der Waals surface area contributed by atoms with Gasteiger partial charge in [-0.25, -0.2) is 0 Å². The molecule has 0 bridgehead atoms. The third-order valence-electron chi connectivity index (χ3n) is 4.41. The summed E-state index contributed by atoms with van der Waals surface area (Å²) in [6.45, 7) is 4.10. The summed E-state index contributed by atoms with van der Waals surface area (Å²) in [6.07, 6.45) is 1.63. The van der Waals surface area contributed by atoms with Crippen LogP contribution in [0.3, 0.4) is 0 Å². The molecule has 1 aliphatic rings. The molecular weight excluding hydrogens is 314 g/mol. The Labute approximate surface area is 144 Å². The van der Waals surface area contributed by atoms with E-state index in [9.17, 15) is 9.59 Å². The molecule has 4 rings (SSSR count). The number of aromatic amines is 1. The number of rotatable bonds is 1. The molecule has 1 aliphatic heterocycles. The van der Waals surface area contributed by atoms with Crippen molar-refractivity contribution in [2.75, 3.05) is 6.61 Å². The number of ether oxygens (including phenoxy) is 1. The van der Waals surface area contributed by atoms with Crippen molar-refractivity contribution in [3.8, 4) is 5.75 Å². The smallest absolute Gasteiger partial charge is 0.255 e. The van der Waals surface area contributed by atoms with Crippen LogP contribution in [0.5, 0.6) is 5.75 Å². The number of nitrogens with one attached hydrogen (secondary N) is 1. The number of pyridine rings is 1. The zero-order chi connectivity index (χ0) is 17.6. The molecule has 0 atom stereocenters. The maximum absolute atomic E-state index is 12.7. The van der Waals surface area contributed by atoms with Crippen LogP contribution >= 0.6 is 0 Å². The molecule has 3 aromatic rings. The van der Waals surface area contributed by atoms with Crippen molar-refractivity contribution in [1.29, 1.82) is 0 Å². The van der Waals surface area contributed by atoms with Gasteiger partial charge >= 0.3 is 0 Å². The number of aryl methyl sites for hydroxylation is 2. The number of benzene rings is 2. The minimum Gasteiger partial charge on any atom is -0.488 e. The number of carbonyl (C=O) groups excluding carboxylic acids is 1. The zero-order valence-corrected chi connectivity index (χ0v) is 14.1. The van der Waals surface area contributed by atoms with Crippen molar-refractivity contribution in [2.24, 2.45) is 0 Å². The van der Waals surface area contributed by atoms with Crippen LogP contribution in [0, 0.1) is 13.8 Å². The SMILES string of the molecule is Cc1ccc2c(c1)C(=O)/C(=C/c1cc3cc(C)ccc3[nH]c1=O)CO2. The van der Waals surface area contributed by atoms with E-state index in [1.165, 1.54) is 0 Å². The van der Waals surface area contributed by atoms with Crippen LogP contribution in [0.2, 0.25) is 0 Å². The Morgan fingerprint density at radius 2 is 1.76 bits per heavy atom. The van der Waals surface area contributed by atoms with Crippen molar-refractivity contribution >= 4 is 22.8 Å². The lowest BCUT2D eigenvalue weighted by Crippen LogP contribution is -2.20. The molecule has 2 aromatic carbocycles. The lowest BCUT2D eigenvalue weighted by molar-refractivity contribution is 0.100. The minimum absolute atomic E-state index is 0.0892. The van der Waals surface area contributed by atoms with Crippen molar-refractivity contribution in [2.45, 2.75) is 13.8 Å². The Hall–Kier alpha value is -3.14. The number of carbonyl (C=O) groups is 1. The van der Waals surface area contributed by atoms with E-state index in [0.717, 1.165) is 22.0 Å². The summed E-state index contributed by atoms with van der Waals surface area (Å²) in [5.41, 5.74) is 4.16. The normalized spacial score (nSPS) is 15.3. The second-order valence-electron chi connectivity index (χ2n) is 6.43. The molecule has 0 radical (unpaired) electrons. The van der Waals surface area contributed by atoms with Crippen molar-refractivity contribution in [3.63, 3.8) is 0 Å². The first-order valence-corrected chi connectivity index (χ1v) is 8.14. The van der Waals surface area contributed by atoms with Gasteiger partial charge in [-0.05, 0) is 55.6 Å². The molecule has 0 aliphatic carbocycles. The predicted octanol–water partition coefficient (Wildman–Crippen LogP) is 3.80. The Balaban J connectivity index is 1.81. The highest BCUT2D eigenvalue weighted by Gasteiger charge is 2.23. The molecule has 4 heteroatoms. The number of aromatic nitrogens is 1. The molecular formula is C21H17NO3. The topological polar surface area (TPSA) is 59.2 Å². The second-order valence-corrected chi connectivity index (χ2v) is 6.43. The predicted molar refractivity (Wildman–Crippen MR) is 98.3 cm³/mol. The lowest BCUT2D eigenvalue weighted by Gasteiger charge is -2.19. The van der Waals surface area contributed by atoms with Gasteiger partial charge in [0.15, 0.2) is 5.78 Å². The third-order valence-corrected chi connectivity index (χ3v) is 4.41. The highest BCUT2D eigenvalue weighted by molar-refractivity contribution is 6.14. The molecule has 25 heavy (non-hydrogen) atoms. The summed E-state index contributed by atoms with van der Waals surface area (Å²) >= 11 is 0. The first-order chi connectivity index (χ1) is 12.0. The lowest BCUT2D eigenvalue weighted by atomic mass is 9.97. The molecule has 2 heterocycles. The third kappa shape index (κ3) is 2.76. The fourth-order valence-electron chi connectivity index (χ4n) is 3.09. The van der Waals surface area contributed by atoms with Gasteiger partial charge < -0.3 is 9.72 Å². The van der Waals surface area contributed by atoms with E-state index in [0.29, 0.717) is 22.4 Å². The van der Waals surface area contributed by atoms with Crippen LogP contribution in [0.25, 0.3) is 17.0 Å². The Morgan fingerprint density at radius 1 is 1.00 bits per heavy atom. The summed E-state index contributed by atoms with van der Waals surface area (Å²) in [5, 5.41) is 0.937. The number of fused-ring (bicyclic) bond motifs is 2. The Bertz CT molecular complexity index is 1110. The van der Waals surface area contributed by atoms with Gasteiger partial charge in [-0.15, -0.1) is 0 Å². The van der Waals surface area contributed by atoms with Gasteiger partial charge in [-0.1, -0.05) is 23.3 Å². The van der Waals surface area contributed by atoms with Crippen molar-refractivity contribution in [3.05, 3.63) is 80.6 Å². The standard InChI is InChI=1S/C21H17NO3/c1-12-3-5-18-14(7-12)9-15(21(24)22-18)10-16-11-25-19-6-4-13(2)8-17(19)20(16)23/h3-10H,11H2,1-2H3,(H,22,24)/b16-10+. The van der Waals surface area contributed by atoms with E-state index in [1.807, 2.05) is 56.3 Å². The quantitative estimate of drug-likeness (QED) is 0.690. The summed E-state index contributed by atoms with van der Waals surface area (Å²) < 4.78 is 5.68. The molecule has 1 N–H and O–H groups in total. The zero-order valence-electron chi connectivity index (χ0n) is 14.1. The highest BCUT2D eigenvalue weighted by atomic mass is 16.5. The van der Waals surface area contributed by atoms with Crippen LogP contribution in [-0.2, 0) is 0 Å². The van der Waals surface area contributed by atoms with E-state index in [-0.39, 0.29) is 17.9 Å². The van der Waals surface area contributed by atoms with Crippen LogP contribution in [-0.4, -0.2) is 17.4 Å². The average Bonchev–Trinajstić information content (AvgIpc) is 2.59. The minimum atomic E-state index is -0.216. The van der Waals surface area contributed by atoms with Crippen LogP contribution in [0.1, 0.15) is 27.0 Å². The van der Waals surface area contributed by atoms with Gasteiger partial charge in [0.05, 0.1) is 5.56 Å². The van der Waals surface area contributed by atoms with Gasteiger partial charge in [0.25, 0.3) is 5.56 Å². The fourth-order valence-corrected chi connectivity index (χ4v) is 3.09. The summed E-state index contributed by atoms with van der Waals surface area (Å²) in [6, 6.07) is 13.2. The number of Topliss-reactive ketones (excluding diaryl/α,β-unsaturated/α-hetero) is 1. The van der Waals surface area contributed by atoms with Gasteiger partial charge in [0.2, 0.25) is 0 Å². The molecule has 0 saturated heterocycles. The van der Waals surface area contributed by atoms with E-state index in [1.54, 1.807) is 6.08 Å². The van der Waals surface area contributed by atoms with Crippen molar-refractivity contribution < 1.29 is 9.53 Å². The Kier molecular flexibility index (Phi) is 3.53. The number of ketones is 1. The largest absolute Gasteiger partial charge is 0.488 e. The number of H-pyrrole nitrogens is 1. The second kappa shape index (κ2) is 5.74. The average molecular weight is 331 g/mol. The van der Waals surface area contributed by atoms with E-state index >= 15 is 0 Å². The number of hydrogen-bond acceptors (Lipinski definition) is 3. The molecule has 1 aromatic heterocycles. The summed E-state index contributed by atoms with van der Waals surface area (Å²) in [7, 11) is 0. The van der Waals surface area contributed by atoms with E-state index in [4.69, 9.17) is 4.74 Å². The molecule has 0 spiro atoms. The molecule has 124 valence electrons. The van der Waals surface area contributed by atoms with Crippen molar-refractivity contribution in [1.82, 2.24) is 4.98 Å². The molecule has 0 fully saturated rings. The molecule has 0 saturated carbocycles. The molecule has 0 unspecified atom stereocenters. The first-order valence-electron chi connectivity index (χ1n) is 8.14.